The van der Waals surface area contributed by atoms with Gasteiger partial charge in [-0.05, 0) is 24.3 Å². The monoisotopic (exact) mass is 307 g/mol. The average molecular weight is 307 g/mol. The zero-order valence-corrected chi connectivity index (χ0v) is 12.8. The number of carbonyl (C=O) groups excluding carboxylic acids is 1. The highest BCUT2D eigenvalue weighted by molar-refractivity contribution is 6.07. The number of ether oxygens (including phenoxy) is 1. The number of hydrogen-bond acceptors (Lipinski definition) is 4. The molecule has 0 spiro atoms. The van der Waals surface area contributed by atoms with Crippen molar-refractivity contribution < 1.29 is 9.53 Å². The van der Waals surface area contributed by atoms with E-state index in [1.165, 1.54) is 0 Å². The smallest absolute Gasteiger partial charge is 0.252 e. The highest BCUT2D eigenvalue weighted by atomic mass is 16.5. The Labute approximate surface area is 134 Å². The van der Waals surface area contributed by atoms with E-state index in [0.29, 0.717) is 18.7 Å². The van der Waals surface area contributed by atoms with Gasteiger partial charge in [0.25, 0.3) is 5.91 Å². The van der Waals surface area contributed by atoms with Crippen LogP contribution in [0.2, 0.25) is 0 Å². The van der Waals surface area contributed by atoms with Crippen molar-refractivity contribution in [1.29, 1.82) is 0 Å². The van der Waals surface area contributed by atoms with Crippen LogP contribution in [0.1, 0.15) is 10.4 Å². The molecular formula is C18H17N3O2. The van der Waals surface area contributed by atoms with Gasteiger partial charge in [0.1, 0.15) is 0 Å². The molecule has 1 aromatic carbocycles. The van der Waals surface area contributed by atoms with Crippen LogP contribution in [0.5, 0.6) is 0 Å². The normalized spacial score (nSPS) is 10.7. The van der Waals surface area contributed by atoms with E-state index >= 15 is 0 Å². The largest absolute Gasteiger partial charge is 0.383 e. The molecule has 0 saturated heterocycles. The van der Waals surface area contributed by atoms with E-state index in [1.807, 2.05) is 42.5 Å². The standard InChI is InChI=1S/C18H17N3O2/c1-23-11-10-20-18(22)15-12-17(13-6-8-19-9-7-13)21-16-5-3-2-4-14(15)16/h2-9,12H,10-11H2,1H3,(H,20,22). The predicted octanol–water partition coefficient (Wildman–Crippen LogP) is 2.67. The number of para-hydroxylation sites is 1. The Hall–Kier alpha value is -2.79. The Morgan fingerprint density at radius 1 is 1.17 bits per heavy atom. The second-order valence-corrected chi connectivity index (χ2v) is 5.06. The first-order valence-electron chi connectivity index (χ1n) is 7.37. The van der Waals surface area contributed by atoms with Crippen molar-refractivity contribution in [1.82, 2.24) is 15.3 Å². The zero-order valence-electron chi connectivity index (χ0n) is 12.8. The van der Waals surface area contributed by atoms with Crippen LogP contribution in [0.4, 0.5) is 0 Å². The Bertz CT molecular complexity index is 819. The number of hydrogen-bond donors (Lipinski definition) is 1. The van der Waals surface area contributed by atoms with Crippen LogP contribution in [-0.2, 0) is 4.74 Å². The molecular weight excluding hydrogens is 290 g/mol. The third-order valence-corrected chi connectivity index (χ3v) is 3.53. The van der Waals surface area contributed by atoms with Crippen molar-refractivity contribution in [2.24, 2.45) is 0 Å². The molecule has 0 fully saturated rings. The third kappa shape index (κ3) is 3.35. The second kappa shape index (κ2) is 6.98. The zero-order chi connectivity index (χ0) is 16.1. The van der Waals surface area contributed by atoms with Gasteiger partial charge >= 0.3 is 0 Å². The molecule has 2 aromatic heterocycles. The topological polar surface area (TPSA) is 64.1 Å². The summed E-state index contributed by atoms with van der Waals surface area (Å²) in [6, 6.07) is 13.2. The van der Waals surface area contributed by atoms with E-state index in [1.54, 1.807) is 19.5 Å². The van der Waals surface area contributed by atoms with E-state index in [4.69, 9.17) is 4.74 Å². The van der Waals surface area contributed by atoms with Gasteiger partial charge in [-0.15, -0.1) is 0 Å². The summed E-state index contributed by atoms with van der Waals surface area (Å²) in [7, 11) is 1.61. The number of fused-ring (bicyclic) bond motifs is 1. The summed E-state index contributed by atoms with van der Waals surface area (Å²) in [4.78, 5) is 21.2. The maximum Gasteiger partial charge on any atom is 0.252 e. The third-order valence-electron chi connectivity index (χ3n) is 3.53. The van der Waals surface area contributed by atoms with Gasteiger partial charge in [0.2, 0.25) is 0 Å². The number of amides is 1. The van der Waals surface area contributed by atoms with Crippen LogP contribution in [0.15, 0.2) is 54.9 Å². The molecule has 0 radical (unpaired) electrons. The first-order chi connectivity index (χ1) is 11.3. The predicted molar refractivity (Wildman–Crippen MR) is 89.2 cm³/mol. The highest BCUT2D eigenvalue weighted by Gasteiger charge is 2.13. The average Bonchev–Trinajstić information content (AvgIpc) is 2.61. The number of nitrogens with one attached hydrogen (secondary N) is 1. The Balaban J connectivity index is 2.06. The number of pyridine rings is 2. The lowest BCUT2D eigenvalue weighted by Crippen LogP contribution is -2.27. The van der Waals surface area contributed by atoms with Gasteiger partial charge in [-0.25, -0.2) is 4.98 Å². The molecule has 1 N–H and O–H groups in total. The van der Waals surface area contributed by atoms with Crippen molar-refractivity contribution in [2.75, 3.05) is 20.3 Å². The summed E-state index contributed by atoms with van der Waals surface area (Å²) in [6.07, 6.45) is 3.43. The quantitative estimate of drug-likeness (QED) is 0.736. The molecule has 0 unspecified atom stereocenters. The molecule has 5 nitrogen and oxygen atoms in total. The molecule has 2 heterocycles. The Kier molecular flexibility index (Phi) is 4.59. The minimum atomic E-state index is -0.129. The lowest BCUT2D eigenvalue weighted by Gasteiger charge is -2.10. The van der Waals surface area contributed by atoms with Crippen LogP contribution in [0.3, 0.4) is 0 Å². The van der Waals surface area contributed by atoms with Gasteiger partial charge in [-0.3, -0.25) is 9.78 Å². The molecule has 5 heteroatoms. The Morgan fingerprint density at radius 3 is 2.74 bits per heavy atom. The molecule has 116 valence electrons. The van der Waals surface area contributed by atoms with Crippen molar-refractivity contribution in [3.05, 3.63) is 60.4 Å². The molecule has 0 atom stereocenters. The number of carbonyl (C=O) groups is 1. The first-order valence-corrected chi connectivity index (χ1v) is 7.37. The fraction of sp³-hybridized carbons (Fsp3) is 0.167. The summed E-state index contributed by atoms with van der Waals surface area (Å²) < 4.78 is 4.97. The van der Waals surface area contributed by atoms with Crippen LogP contribution in [0, 0.1) is 0 Å². The molecule has 3 rings (SSSR count). The first kappa shape index (κ1) is 15.1. The summed E-state index contributed by atoms with van der Waals surface area (Å²) in [5.41, 5.74) is 3.08. The van der Waals surface area contributed by atoms with Gasteiger partial charge in [-0.1, -0.05) is 18.2 Å². The summed E-state index contributed by atoms with van der Waals surface area (Å²) in [6.45, 7) is 0.947. The maximum absolute atomic E-state index is 12.5. The van der Waals surface area contributed by atoms with Crippen LogP contribution in [-0.4, -0.2) is 36.1 Å². The molecule has 0 aliphatic heterocycles. The van der Waals surface area contributed by atoms with Crippen molar-refractivity contribution in [2.45, 2.75) is 0 Å². The molecule has 0 aliphatic carbocycles. The lowest BCUT2D eigenvalue weighted by molar-refractivity contribution is 0.0938. The van der Waals surface area contributed by atoms with E-state index < -0.39 is 0 Å². The SMILES string of the molecule is COCCNC(=O)c1cc(-c2ccncc2)nc2ccccc12. The number of rotatable bonds is 5. The molecule has 0 bridgehead atoms. The summed E-state index contributed by atoms with van der Waals surface area (Å²) >= 11 is 0. The fourth-order valence-corrected chi connectivity index (χ4v) is 2.40. The van der Waals surface area contributed by atoms with Crippen LogP contribution >= 0.6 is 0 Å². The van der Waals surface area contributed by atoms with Gasteiger partial charge in [0, 0.05) is 37.0 Å². The van der Waals surface area contributed by atoms with E-state index in [-0.39, 0.29) is 5.91 Å². The fourth-order valence-electron chi connectivity index (χ4n) is 2.40. The summed E-state index contributed by atoms with van der Waals surface area (Å²) in [5, 5.41) is 3.70. The number of methoxy groups -OCH3 is 1. The van der Waals surface area contributed by atoms with Crippen LogP contribution < -0.4 is 5.32 Å². The van der Waals surface area contributed by atoms with Gasteiger partial charge in [0.05, 0.1) is 23.4 Å². The maximum atomic E-state index is 12.5. The molecule has 1 amide bonds. The van der Waals surface area contributed by atoms with E-state index in [0.717, 1.165) is 22.2 Å². The highest BCUT2D eigenvalue weighted by Crippen LogP contribution is 2.24. The molecule has 3 aromatic rings. The van der Waals surface area contributed by atoms with Crippen molar-refractivity contribution >= 4 is 16.8 Å². The van der Waals surface area contributed by atoms with Crippen molar-refractivity contribution in [3.8, 4) is 11.3 Å². The summed E-state index contributed by atoms with van der Waals surface area (Å²) in [5.74, 6) is -0.129. The number of benzene rings is 1. The Morgan fingerprint density at radius 2 is 1.96 bits per heavy atom. The second-order valence-electron chi connectivity index (χ2n) is 5.06. The van der Waals surface area contributed by atoms with Crippen molar-refractivity contribution in [3.63, 3.8) is 0 Å². The molecule has 0 saturated carbocycles. The number of aromatic nitrogens is 2. The van der Waals surface area contributed by atoms with Gasteiger partial charge < -0.3 is 10.1 Å². The van der Waals surface area contributed by atoms with Gasteiger partial charge in [-0.2, -0.15) is 0 Å². The van der Waals surface area contributed by atoms with E-state index in [2.05, 4.69) is 15.3 Å². The van der Waals surface area contributed by atoms with Gasteiger partial charge in [0.15, 0.2) is 0 Å². The molecule has 0 aliphatic rings. The lowest BCUT2D eigenvalue weighted by atomic mass is 10.0. The van der Waals surface area contributed by atoms with E-state index in [9.17, 15) is 4.79 Å². The van der Waals surface area contributed by atoms with Crippen LogP contribution in [0.25, 0.3) is 22.2 Å². The minimum Gasteiger partial charge on any atom is -0.383 e. The number of nitrogens with zero attached hydrogens (tertiary/aromatic N) is 2. The minimum absolute atomic E-state index is 0.129. The molecule has 23 heavy (non-hydrogen) atoms.